The minimum atomic E-state index is -0.207. The van der Waals surface area contributed by atoms with Crippen LogP contribution in [0.1, 0.15) is 29.8 Å². The summed E-state index contributed by atoms with van der Waals surface area (Å²) in [7, 11) is 0. The van der Waals surface area contributed by atoms with Crippen molar-refractivity contribution in [3.8, 4) is 5.69 Å². The molecule has 6 heteroatoms. The van der Waals surface area contributed by atoms with Crippen molar-refractivity contribution in [2.24, 2.45) is 0 Å². The predicted octanol–water partition coefficient (Wildman–Crippen LogP) is 1.54. The molecule has 2 heterocycles. The summed E-state index contributed by atoms with van der Waals surface area (Å²) in [5.41, 5.74) is 1.54. The first-order chi connectivity index (χ1) is 12.2. The maximum Gasteiger partial charge on any atom is 0.272 e. The summed E-state index contributed by atoms with van der Waals surface area (Å²) in [6.07, 6.45) is 6.19. The van der Waals surface area contributed by atoms with Gasteiger partial charge < -0.3 is 10.0 Å². The molecule has 0 bridgehead atoms. The Labute approximate surface area is 147 Å². The SMILES string of the molecule is O=C(c1cncn1-c1ccccc1)N1CCN([C@@H]2CCC[C@@H]2O)CC1. The second-order valence-corrected chi connectivity index (χ2v) is 6.88. The molecule has 1 saturated heterocycles. The summed E-state index contributed by atoms with van der Waals surface area (Å²) in [4.78, 5) is 21.4. The normalized spacial score (nSPS) is 24.6. The number of piperazine rings is 1. The van der Waals surface area contributed by atoms with Gasteiger partial charge in [0.2, 0.25) is 0 Å². The number of carbonyl (C=O) groups excluding carboxylic acids is 1. The summed E-state index contributed by atoms with van der Waals surface area (Å²) in [5, 5.41) is 10.1. The van der Waals surface area contributed by atoms with Crippen LogP contribution in [-0.2, 0) is 0 Å². The predicted molar refractivity (Wildman–Crippen MR) is 94.7 cm³/mol. The van der Waals surface area contributed by atoms with Crippen LogP contribution in [0.5, 0.6) is 0 Å². The Bertz CT molecular complexity index is 722. The smallest absolute Gasteiger partial charge is 0.272 e. The summed E-state index contributed by atoms with van der Waals surface area (Å²) in [5.74, 6) is 0.0213. The first-order valence-electron chi connectivity index (χ1n) is 9.03. The molecule has 1 aromatic heterocycles. The van der Waals surface area contributed by atoms with Gasteiger partial charge in [-0.25, -0.2) is 4.98 Å². The van der Waals surface area contributed by atoms with Gasteiger partial charge in [0.25, 0.3) is 5.91 Å². The largest absolute Gasteiger partial charge is 0.391 e. The molecule has 0 radical (unpaired) electrons. The van der Waals surface area contributed by atoms with E-state index < -0.39 is 0 Å². The molecule has 2 atom stereocenters. The molecule has 1 aliphatic carbocycles. The number of aromatic nitrogens is 2. The van der Waals surface area contributed by atoms with E-state index in [-0.39, 0.29) is 18.1 Å². The van der Waals surface area contributed by atoms with Gasteiger partial charge in [-0.1, -0.05) is 18.2 Å². The highest BCUT2D eigenvalue weighted by Crippen LogP contribution is 2.25. The third-order valence-corrected chi connectivity index (χ3v) is 5.41. The Balaban J connectivity index is 1.44. The molecule has 1 N–H and O–H groups in total. The number of benzene rings is 1. The molecule has 2 fully saturated rings. The van der Waals surface area contributed by atoms with Crippen molar-refractivity contribution < 1.29 is 9.90 Å². The first-order valence-corrected chi connectivity index (χ1v) is 9.03. The van der Waals surface area contributed by atoms with Gasteiger partial charge in [-0.3, -0.25) is 14.3 Å². The number of aliphatic hydroxyl groups is 1. The van der Waals surface area contributed by atoms with Crippen molar-refractivity contribution >= 4 is 5.91 Å². The molecule has 2 aliphatic rings. The van der Waals surface area contributed by atoms with E-state index in [0.29, 0.717) is 18.8 Å². The Morgan fingerprint density at radius 1 is 1.08 bits per heavy atom. The van der Waals surface area contributed by atoms with Crippen molar-refractivity contribution in [2.75, 3.05) is 26.2 Å². The highest BCUT2D eigenvalue weighted by atomic mass is 16.3. The Kier molecular flexibility index (Phi) is 4.55. The molecule has 132 valence electrons. The number of aliphatic hydroxyl groups excluding tert-OH is 1. The van der Waals surface area contributed by atoms with Gasteiger partial charge in [0.1, 0.15) is 5.69 Å². The average molecular weight is 340 g/mol. The van der Waals surface area contributed by atoms with Gasteiger partial charge >= 0.3 is 0 Å². The fraction of sp³-hybridized carbons (Fsp3) is 0.474. The topological polar surface area (TPSA) is 61.6 Å². The zero-order valence-electron chi connectivity index (χ0n) is 14.3. The van der Waals surface area contributed by atoms with Gasteiger partial charge in [-0.2, -0.15) is 0 Å². The average Bonchev–Trinajstić information content (AvgIpc) is 3.31. The molecule has 6 nitrogen and oxygen atoms in total. The number of hydrogen-bond donors (Lipinski definition) is 1. The van der Waals surface area contributed by atoms with Crippen LogP contribution in [0.25, 0.3) is 5.69 Å². The van der Waals surface area contributed by atoms with E-state index in [4.69, 9.17) is 0 Å². The Morgan fingerprint density at radius 2 is 1.84 bits per heavy atom. The van der Waals surface area contributed by atoms with E-state index in [1.54, 1.807) is 12.5 Å². The molecule has 0 spiro atoms. The maximum atomic E-state index is 12.9. The van der Waals surface area contributed by atoms with Gasteiger partial charge in [0.05, 0.1) is 18.6 Å². The van der Waals surface area contributed by atoms with Crippen molar-refractivity contribution in [3.05, 3.63) is 48.5 Å². The van der Waals surface area contributed by atoms with E-state index >= 15 is 0 Å². The van der Waals surface area contributed by atoms with Crippen LogP contribution in [0.15, 0.2) is 42.9 Å². The first kappa shape index (κ1) is 16.3. The summed E-state index contributed by atoms with van der Waals surface area (Å²) >= 11 is 0. The fourth-order valence-electron chi connectivity index (χ4n) is 4.01. The molecule has 4 rings (SSSR count). The molecular weight excluding hydrogens is 316 g/mol. The molecule has 1 aliphatic heterocycles. The van der Waals surface area contributed by atoms with Gasteiger partial charge in [0, 0.05) is 37.9 Å². The zero-order valence-corrected chi connectivity index (χ0v) is 14.3. The molecule has 1 aromatic carbocycles. The van der Waals surface area contributed by atoms with Crippen LogP contribution >= 0.6 is 0 Å². The monoisotopic (exact) mass is 340 g/mol. The van der Waals surface area contributed by atoms with Crippen LogP contribution < -0.4 is 0 Å². The second-order valence-electron chi connectivity index (χ2n) is 6.88. The molecule has 1 saturated carbocycles. The van der Waals surface area contributed by atoms with Crippen molar-refractivity contribution in [1.82, 2.24) is 19.4 Å². The number of nitrogens with zero attached hydrogens (tertiary/aromatic N) is 4. The lowest BCUT2D eigenvalue weighted by atomic mass is 10.1. The second kappa shape index (κ2) is 6.98. The molecule has 0 unspecified atom stereocenters. The number of rotatable bonds is 3. The summed E-state index contributed by atoms with van der Waals surface area (Å²) < 4.78 is 1.84. The van der Waals surface area contributed by atoms with Crippen LogP contribution in [-0.4, -0.2) is 68.7 Å². The van der Waals surface area contributed by atoms with Gasteiger partial charge in [-0.05, 0) is 31.4 Å². The highest BCUT2D eigenvalue weighted by Gasteiger charge is 2.33. The Hall–Kier alpha value is -2.18. The lowest BCUT2D eigenvalue weighted by molar-refractivity contribution is 0.0312. The maximum absolute atomic E-state index is 12.9. The van der Waals surface area contributed by atoms with Crippen LogP contribution in [0.3, 0.4) is 0 Å². The van der Waals surface area contributed by atoms with Gasteiger partial charge in [0.15, 0.2) is 0 Å². The van der Waals surface area contributed by atoms with Crippen molar-refractivity contribution in [3.63, 3.8) is 0 Å². The summed E-state index contributed by atoms with van der Waals surface area (Å²) in [6.45, 7) is 3.05. The highest BCUT2D eigenvalue weighted by molar-refractivity contribution is 5.93. The minimum Gasteiger partial charge on any atom is -0.391 e. The van der Waals surface area contributed by atoms with E-state index in [9.17, 15) is 9.90 Å². The fourth-order valence-corrected chi connectivity index (χ4v) is 4.01. The van der Waals surface area contributed by atoms with Gasteiger partial charge in [-0.15, -0.1) is 0 Å². The van der Waals surface area contributed by atoms with Crippen molar-refractivity contribution in [1.29, 1.82) is 0 Å². The van der Waals surface area contributed by atoms with E-state index in [0.717, 1.165) is 38.0 Å². The number of carbonyl (C=O) groups is 1. The minimum absolute atomic E-state index is 0.0213. The standard InChI is InChI=1S/C19H24N4O2/c24-18-8-4-7-16(18)21-9-11-22(12-10-21)19(25)17-13-20-14-23(17)15-5-2-1-3-6-15/h1-3,5-6,13-14,16,18,24H,4,7-12H2/t16-,18+/m1/s1. The third-order valence-electron chi connectivity index (χ3n) is 5.41. The molecule has 1 amide bonds. The van der Waals surface area contributed by atoms with Crippen LogP contribution in [0.4, 0.5) is 0 Å². The lowest BCUT2D eigenvalue weighted by Gasteiger charge is -2.39. The Morgan fingerprint density at radius 3 is 2.52 bits per heavy atom. The van der Waals surface area contributed by atoms with Crippen LogP contribution in [0.2, 0.25) is 0 Å². The number of imidazole rings is 1. The molecule has 2 aromatic rings. The number of amides is 1. The third kappa shape index (κ3) is 3.19. The molecular formula is C19H24N4O2. The van der Waals surface area contributed by atoms with E-state index in [1.807, 2.05) is 39.8 Å². The number of hydrogen-bond acceptors (Lipinski definition) is 4. The number of para-hydroxylation sites is 1. The van der Waals surface area contributed by atoms with E-state index in [2.05, 4.69) is 9.88 Å². The van der Waals surface area contributed by atoms with E-state index in [1.165, 1.54) is 0 Å². The van der Waals surface area contributed by atoms with Crippen LogP contribution in [0, 0.1) is 0 Å². The molecule has 25 heavy (non-hydrogen) atoms. The summed E-state index contributed by atoms with van der Waals surface area (Å²) in [6, 6.07) is 10.1. The zero-order chi connectivity index (χ0) is 17.2. The van der Waals surface area contributed by atoms with Crippen molar-refractivity contribution in [2.45, 2.75) is 31.4 Å². The lowest BCUT2D eigenvalue weighted by Crippen LogP contribution is -2.53. The quantitative estimate of drug-likeness (QED) is 0.921.